The van der Waals surface area contributed by atoms with Crippen molar-refractivity contribution in [1.82, 2.24) is 4.98 Å². The zero-order chi connectivity index (χ0) is 23.6. The molecule has 34 heavy (non-hydrogen) atoms. The van der Waals surface area contributed by atoms with Crippen molar-refractivity contribution in [2.45, 2.75) is 51.2 Å². The molecule has 2 unspecified atom stereocenters. The quantitative estimate of drug-likeness (QED) is 0.678. The van der Waals surface area contributed by atoms with E-state index in [-0.39, 0.29) is 39.0 Å². The number of rotatable bonds is 5. The average molecular weight is 477 g/mol. The number of anilines is 1. The Bertz CT molecular complexity index is 1060. The Morgan fingerprint density at radius 1 is 1.26 bits per heavy atom. The molecular weight excluding hydrogens is 445 g/mol. The Morgan fingerprint density at radius 2 is 2.00 bits per heavy atom. The van der Waals surface area contributed by atoms with Crippen LogP contribution >= 0.6 is 0 Å². The molecule has 1 aromatic heterocycles. The summed E-state index contributed by atoms with van der Waals surface area (Å²) in [5, 5.41) is 10.0. The lowest BCUT2D eigenvalue weighted by Gasteiger charge is -2.40. The predicted molar refractivity (Wildman–Crippen MR) is 124 cm³/mol. The van der Waals surface area contributed by atoms with Crippen molar-refractivity contribution in [1.29, 1.82) is 5.26 Å². The van der Waals surface area contributed by atoms with E-state index in [1.165, 1.54) is 0 Å². The van der Waals surface area contributed by atoms with Gasteiger partial charge in [-0.05, 0) is 49.4 Å². The molecule has 2 N–H and O–H groups in total. The fraction of sp³-hybridized carbons (Fsp3) is 0.560. The van der Waals surface area contributed by atoms with E-state index in [9.17, 15) is 23.2 Å². The number of ether oxygens (including phenoxy) is 1. The van der Waals surface area contributed by atoms with E-state index in [0.29, 0.717) is 54.8 Å². The first-order chi connectivity index (χ1) is 15.7. The first-order valence-electron chi connectivity index (χ1n) is 11.2. The number of fused-ring (bicyclic) bond motifs is 1. The minimum atomic E-state index is -4.36. The number of nitrogens with zero attached hydrogens (tertiary/aromatic N) is 3. The number of carbonyl (C=O) groups is 1. The van der Waals surface area contributed by atoms with Crippen LogP contribution in [-0.2, 0) is 9.53 Å². The van der Waals surface area contributed by atoms with Crippen LogP contribution in [0.5, 0.6) is 0 Å². The molecule has 2 aliphatic heterocycles. The number of ketones is 1. The number of Topliss-reactive ketones (excluding diaryl/α,β-unsaturated/α-hetero) is 1. The topological polar surface area (TPSA) is 92.2 Å². The van der Waals surface area contributed by atoms with Crippen molar-refractivity contribution >= 4 is 22.4 Å². The Labute approximate surface area is 197 Å². The van der Waals surface area contributed by atoms with Crippen LogP contribution in [-0.4, -0.2) is 48.8 Å². The van der Waals surface area contributed by atoms with Gasteiger partial charge in [0.1, 0.15) is 11.9 Å². The molecule has 0 amide bonds. The number of benzene rings is 1. The van der Waals surface area contributed by atoms with Gasteiger partial charge in [0, 0.05) is 62.0 Å². The number of hydrogen-bond acceptors (Lipinski definition) is 6. The van der Waals surface area contributed by atoms with Crippen LogP contribution in [0.25, 0.3) is 10.9 Å². The average Bonchev–Trinajstić information content (AvgIpc) is 2.77. The van der Waals surface area contributed by atoms with Crippen molar-refractivity contribution in [3.8, 4) is 6.07 Å². The molecule has 3 heterocycles. The van der Waals surface area contributed by atoms with E-state index in [1.807, 2.05) is 0 Å². The molecule has 9 heteroatoms. The van der Waals surface area contributed by atoms with Crippen LogP contribution in [0.4, 0.5) is 18.9 Å². The summed E-state index contributed by atoms with van der Waals surface area (Å²) in [4.78, 5) is 18.8. The lowest BCUT2D eigenvalue weighted by Crippen LogP contribution is -2.48. The second-order valence-corrected chi connectivity index (χ2v) is 9.28. The zero-order valence-corrected chi connectivity index (χ0v) is 18.3. The third kappa shape index (κ3) is 5.68. The molecular formula is C25H31F3N4O2. The maximum Gasteiger partial charge on any atom is 0.393 e. The van der Waals surface area contributed by atoms with Crippen LogP contribution in [0.1, 0.15) is 45.1 Å². The number of alkyl halides is 3. The summed E-state index contributed by atoms with van der Waals surface area (Å²) in [6.07, 6.45) is -1.52. The van der Waals surface area contributed by atoms with Gasteiger partial charge in [0.2, 0.25) is 0 Å². The highest BCUT2D eigenvalue weighted by molar-refractivity contribution is 5.95. The Hall–Kier alpha value is -2.70. The second-order valence-electron chi connectivity index (χ2n) is 9.28. The van der Waals surface area contributed by atoms with Gasteiger partial charge in [-0.2, -0.15) is 18.4 Å². The summed E-state index contributed by atoms with van der Waals surface area (Å²) in [5.41, 5.74) is 7.14. The lowest BCUT2D eigenvalue weighted by molar-refractivity contribution is -0.179. The molecule has 0 spiro atoms. The van der Waals surface area contributed by atoms with E-state index >= 15 is 0 Å². The Kier molecular flexibility index (Phi) is 7.84. The molecule has 0 radical (unpaired) electrons. The highest BCUT2D eigenvalue weighted by Crippen LogP contribution is 2.40. The summed E-state index contributed by atoms with van der Waals surface area (Å²) in [7, 11) is 0. The molecule has 184 valence electrons. The van der Waals surface area contributed by atoms with Gasteiger partial charge in [0.15, 0.2) is 0 Å². The number of hydrogen-bond donors (Lipinski definition) is 1. The minimum absolute atomic E-state index is 0. The molecule has 0 aliphatic carbocycles. The van der Waals surface area contributed by atoms with Gasteiger partial charge in [-0.15, -0.1) is 0 Å². The minimum Gasteiger partial charge on any atom is -0.381 e. The SMILES string of the molecule is C.N#Cc1ccc(N2CC(CC(=O)CC3(N)CCOCC3)CC(C(F)(F)F)C2)c2cccnc12. The third-order valence-electron chi connectivity index (χ3n) is 6.76. The van der Waals surface area contributed by atoms with Crippen LogP contribution in [0.2, 0.25) is 0 Å². The lowest BCUT2D eigenvalue weighted by atomic mass is 9.81. The van der Waals surface area contributed by atoms with E-state index in [0.717, 1.165) is 0 Å². The number of carbonyl (C=O) groups excluding carboxylic acids is 1. The molecule has 2 aromatic rings. The number of halogens is 3. The molecule has 6 nitrogen and oxygen atoms in total. The van der Waals surface area contributed by atoms with Crippen molar-refractivity contribution < 1.29 is 22.7 Å². The molecule has 2 aliphatic rings. The van der Waals surface area contributed by atoms with Crippen molar-refractivity contribution in [2.75, 3.05) is 31.2 Å². The maximum atomic E-state index is 13.8. The third-order valence-corrected chi connectivity index (χ3v) is 6.76. The van der Waals surface area contributed by atoms with E-state index in [2.05, 4.69) is 11.1 Å². The summed E-state index contributed by atoms with van der Waals surface area (Å²) in [6, 6.07) is 8.82. The number of aromatic nitrogens is 1. The van der Waals surface area contributed by atoms with Crippen molar-refractivity contribution in [3.05, 3.63) is 36.0 Å². The fourth-order valence-corrected chi connectivity index (χ4v) is 5.05. The molecule has 1 aromatic carbocycles. The number of nitrogens with two attached hydrogens (primary N) is 1. The molecule has 0 bridgehead atoms. The summed E-state index contributed by atoms with van der Waals surface area (Å²) >= 11 is 0. The van der Waals surface area contributed by atoms with Gasteiger partial charge in [0.25, 0.3) is 0 Å². The van der Waals surface area contributed by atoms with E-state index < -0.39 is 23.6 Å². The monoisotopic (exact) mass is 476 g/mol. The fourth-order valence-electron chi connectivity index (χ4n) is 5.05. The first kappa shape index (κ1) is 25.9. The van der Waals surface area contributed by atoms with Gasteiger partial charge >= 0.3 is 6.18 Å². The van der Waals surface area contributed by atoms with E-state index in [1.54, 1.807) is 35.4 Å². The molecule has 2 saturated heterocycles. The predicted octanol–water partition coefficient (Wildman–Crippen LogP) is 4.60. The largest absolute Gasteiger partial charge is 0.393 e. The summed E-state index contributed by atoms with van der Waals surface area (Å²) < 4.78 is 46.7. The Morgan fingerprint density at radius 3 is 2.68 bits per heavy atom. The molecule has 4 rings (SSSR count). The zero-order valence-electron chi connectivity index (χ0n) is 18.3. The normalized spacial score (nSPS) is 22.6. The highest BCUT2D eigenvalue weighted by atomic mass is 19.4. The van der Waals surface area contributed by atoms with Gasteiger partial charge in [-0.1, -0.05) is 7.43 Å². The standard InChI is InChI=1S/C24H27F3N4O2.CH4/c25-24(26,27)18-10-16(11-19(32)12-23(29)5-8-33-9-6-23)14-31(15-18)21-4-3-17(13-28)22-20(21)2-1-7-30-22;/h1-4,7,16,18H,5-6,8-12,14-15,29H2;1H4. The Balaban J connectivity index is 0.00000324. The molecule has 2 fully saturated rings. The van der Waals surface area contributed by atoms with Gasteiger partial charge < -0.3 is 15.4 Å². The highest BCUT2D eigenvalue weighted by Gasteiger charge is 2.45. The summed E-state index contributed by atoms with van der Waals surface area (Å²) in [5.74, 6) is -2.08. The van der Waals surface area contributed by atoms with Crippen LogP contribution in [0.15, 0.2) is 30.5 Å². The van der Waals surface area contributed by atoms with Crippen LogP contribution in [0, 0.1) is 23.2 Å². The van der Waals surface area contributed by atoms with Crippen LogP contribution in [0.3, 0.4) is 0 Å². The second kappa shape index (κ2) is 10.3. The van der Waals surface area contributed by atoms with Gasteiger partial charge in [0.05, 0.1) is 17.0 Å². The first-order valence-corrected chi connectivity index (χ1v) is 11.2. The smallest absolute Gasteiger partial charge is 0.381 e. The number of piperidine rings is 1. The number of pyridine rings is 1. The summed E-state index contributed by atoms with van der Waals surface area (Å²) in [6.45, 7) is 1.13. The van der Waals surface area contributed by atoms with Crippen LogP contribution < -0.4 is 10.6 Å². The number of nitriles is 1. The van der Waals surface area contributed by atoms with Crippen molar-refractivity contribution in [2.24, 2.45) is 17.6 Å². The van der Waals surface area contributed by atoms with Crippen molar-refractivity contribution in [3.63, 3.8) is 0 Å². The molecule has 0 saturated carbocycles. The molecule has 2 atom stereocenters. The maximum absolute atomic E-state index is 13.8. The van der Waals surface area contributed by atoms with E-state index in [4.69, 9.17) is 10.5 Å². The van der Waals surface area contributed by atoms with Gasteiger partial charge in [-0.3, -0.25) is 9.78 Å². The van der Waals surface area contributed by atoms with Gasteiger partial charge in [-0.25, -0.2) is 0 Å².